The molecule has 0 unspecified atom stereocenters. The normalized spacial score (nSPS) is 10.9. The van der Waals surface area contributed by atoms with Crippen LogP contribution in [0.4, 0.5) is 21.2 Å². The number of hydrogen-bond donors (Lipinski definition) is 4. The zero-order valence-corrected chi connectivity index (χ0v) is 20.1. The lowest BCUT2D eigenvalue weighted by molar-refractivity contribution is 0.0526. The number of methoxy groups -OCH3 is 1. The van der Waals surface area contributed by atoms with Gasteiger partial charge in [0.15, 0.2) is 0 Å². The van der Waals surface area contributed by atoms with E-state index in [1.807, 2.05) is 4.72 Å². The summed E-state index contributed by atoms with van der Waals surface area (Å²) < 4.78 is 37.1. The number of carbonyl (C=O) groups excluding carboxylic acids is 3. The van der Waals surface area contributed by atoms with Crippen LogP contribution in [0.2, 0.25) is 0 Å². The van der Waals surface area contributed by atoms with E-state index in [1.54, 1.807) is 21.0 Å². The topological polar surface area (TPSA) is 165 Å². The molecule has 180 valence electrons. The maximum absolute atomic E-state index is 12.6. The van der Waals surface area contributed by atoms with Gasteiger partial charge in [0.1, 0.15) is 15.8 Å². The van der Waals surface area contributed by atoms with Crippen molar-refractivity contribution in [1.29, 1.82) is 0 Å². The van der Waals surface area contributed by atoms with Gasteiger partial charge in [0.25, 0.3) is 10.0 Å². The number of nitrogens with one attached hydrogen (secondary N) is 4. The molecule has 4 amide bonds. The lowest BCUT2D eigenvalue weighted by Crippen LogP contribution is -2.34. The van der Waals surface area contributed by atoms with Gasteiger partial charge in [-0.25, -0.2) is 32.5 Å². The number of thiophene rings is 1. The number of amides is 4. The third kappa shape index (κ3) is 7.40. The predicted molar refractivity (Wildman–Crippen MR) is 122 cm³/mol. The first-order chi connectivity index (χ1) is 15.6. The molecular weight excluding hydrogens is 474 g/mol. The van der Waals surface area contributed by atoms with E-state index in [4.69, 9.17) is 9.47 Å². The fourth-order valence-corrected chi connectivity index (χ4v) is 5.03. The largest absolute Gasteiger partial charge is 0.462 e. The number of aromatic nitrogens is 1. The molecule has 2 aromatic rings. The second-order valence-electron chi connectivity index (χ2n) is 6.52. The van der Waals surface area contributed by atoms with Crippen LogP contribution < -0.4 is 20.7 Å². The Morgan fingerprint density at radius 1 is 1.09 bits per heavy atom. The lowest BCUT2D eigenvalue weighted by Gasteiger charge is -2.11. The van der Waals surface area contributed by atoms with Gasteiger partial charge in [-0.1, -0.05) is 0 Å². The van der Waals surface area contributed by atoms with Crippen molar-refractivity contribution in [3.8, 4) is 0 Å². The fourth-order valence-electron chi connectivity index (χ4n) is 2.55. The SMILES string of the molecule is CCOC(=O)c1cc(NC(=O)NC)nc(NC(=O)NS(=O)(=O)c2cc(C)c(CCOC)s2)c1. The number of esters is 1. The molecule has 0 aliphatic heterocycles. The molecule has 0 aromatic carbocycles. The summed E-state index contributed by atoms with van der Waals surface area (Å²) in [5, 5.41) is 6.96. The minimum atomic E-state index is -4.16. The highest BCUT2D eigenvalue weighted by Gasteiger charge is 2.22. The number of aryl methyl sites for hydroxylation is 1. The molecule has 2 heterocycles. The summed E-state index contributed by atoms with van der Waals surface area (Å²) >= 11 is 1.04. The highest BCUT2D eigenvalue weighted by molar-refractivity contribution is 7.92. The molecular formula is C19H25N5O7S2. The predicted octanol–water partition coefficient (Wildman–Crippen LogP) is 2.08. The van der Waals surface area contributed by atoms with E-state index in [0.717, 1.165) is 21.8 Å². The molecule has 0 saturated carbocycles. The molecule has 0 atom stereocenters. The molecule has 0 spiro atoms. The number of nitrogens with zero attached hydrogens (tertiary/aromatic N) is 1. The Morgan fingerprint density at radius 2 is 1.73 bits per heavy atom. The Bertz CT molecular complexity index is 1130. The summed E-state index contributed by atoms with van der Waals surface area (Å²) in [4.78, 5) is 40.9. The highest BCUT2D eigenvalue weighted by atomic mass is 32.2. The Morgan fingerprint density at radius 3 is 2.30 bits per heavy atom. The van der Waals surface area contributed by atoms with Crippen LogP contribution in [0.1, 0.15) is 27.7 Å². The van der Waals surface area contributed by atoms with Crippen LogP contribution in [0, 0.1) is 6.92 Å². The van der Waals surface area contributed by atoms with Gasteiger partial charge in [0.2, 0.25) is 0 Å². The molecule has 0 radical (unpaired) electrons. The van der Waals surface area contributed by atoms with Gasteiger partial charge in [0, 0.05) is 25.5 Å². The maximum Gasteiger partial charge on any atom is 0.338 e. The third-order valence-electron chi connectivity index (χ3n) is 4.07. The van der Waals surface area contributed by atoms with Crippen LogP contribution in [0.25, 0.3) is 0 Å². The molecule has 2 aromatic heterocycles. The minimum absolute atomic E-state index is 0.00641. The summed E-state index contributed by atoms with van der Waals surface area (Å²) in [5.74, 6) is -0.953. The Balaban J connectivity index is 2.22. The number of hydrogen-bond acceptors (Lipinski definition) is 9. The second-order valence-corrected chi connectivity index (χ2v) is 9.57. The van der Waals surface area contributed by atoms with Crippen molar-refractivity contribution in [3.63, 3.8) is 0 Å². The van der Waals surface area contributed by atoms with Crippen LogP contribution in [-0.2, 0) is 25.9 Å². The van der Waals surface area contributed by atoms with Gasteiger partial charge >= 0.3 is 18.0 Å². The Kier molecular flexibility index (Phi) is 9.13. The van der Waals surface area contributed by atoms with E-state index in [1.165, 1.54) is 25.2 Å². The van der Waals surface area contributed by atoms with E-state index in [9.17, 15) is 22.8 Å². The summed E-state index contributed by atoms with van der Waals surface area (Å²) in [7, 11) is -1.23. The van der Waals surface area contributed by atoms with E-state index in [2.05, 4.69) is 20.9 Å². The number of sulfonamides is 1. The molecule has 14 heteroatoms. The van der Waals surface area contributed by atoms with Crippen molar-refractivity contribution in [3.05, 3.63) is 34.2 Å². The summed E-state index contributed by atoms with van der Waals surface area (Å²) in [6.45, 7) is 3.93. The van der Waals surface area contributed by atoms with Crippen LogP contribution in [0.5, 0.6) is 0 Å². The standard InChI is InChI=1S/C19H25N5O7S2/c1-5-31-17(25)12-9-14(22-18(26)20-3)21-15(10-12)23-19(27)24-33(28,29)16-8-11(2)13(32-16)6-7-30-4/h8-10H,5-7H2,1-4H3,(H4,20,21,22,23,24,26,27). The molecule has 0 bridgehead atoms. The summed E-state index contributed by atoms with van der Waals surface area (Å²) in [6, 6.07) is 2.20. The van der Waals surface area contributed by atoms with Crippen molar-refractivity contribution in [1.82, 2.24) is 15.0 Å². The quantitative estimate of drug-likeness (QED) is 0.381. The molecule has 33 heavy (non-hydrogen) atoms. The highest BCUT2D eigenvalue weighted by Crippen LogP contribution is 2.26. The Labute approximate surface area is 195 Å². The maximum atomic E-state index is 12.6. The molecule has 12 nitrogen and oxygen atoms in total. The van der Waals surface area contributed by atoms with Gasteiger partial charge in [-0.15, -0.1) is 11.3 Å². The van der Waals surface area contributed by atoms with Crippen molar-refractivity contribution in [2.45, 2.75) is 24.5 Å². The number of rotatable bonds is 9. The van der Waals surface area contributed by atoms with Gasteiger partial charge in [0.05, 0.1) is 18.8 Å². The first-order valence-electron chi connectivity index (χ1n) is 9.69. The molecule has 0 aliphatic rings. The summed E-state index contributed by atoms with van der Waals surface area (Å²) in [6.07, 6.45) is 0.542. The lowest BCUT2D eigenvalue weighted by atomic mass is 10.2. The number of anilines is 2. The number of urea groups is 2. The third-order valence-corrected chi connectivity index (χ3v) is 7.17. The zero-order valence-electron chi connectivity index (χ0n) is 18.5. The van der Waals surface area contributed by atoms with Crippen LogP contribution >= 0.6 is 11.3 Å². The van der Waals surface area contributed by atoms with Crippen LogP contribution in [0.15, 0.2) is 22.4 Å². The van der Waals surface area contributed by atoms with Crippen molar-refractivity contribution < 1.29 is 32.3 Å². The molecule has 0 aliphatic carbocycles. The van der Waals surface area contributed by atoms with Crippen molar-refractivity contribution in [2.75, 3.05) is 38.0 Å². The van der Waals surface area contributed by atoms with Gasteiger partial charge in [-0.2, -0.15) is 0 Å². The summed E-state index contributed by atoms with van der Waals surface area (Å²) in [5.41, 5.74) is 0.764. The zero-order chi connectivity index (χ0) is 24.6. The monoisotopic (exact) mass is 499 g/mol. The molecule has 2 rings (SSSR count). The van der Waals surface area contributed by atoms with E-state index in [-0.39, 0.29) is 28.0 Å². The van der Waals surface area contributed by atoms with Crippen molar-refractivity contribution >= 4 is 51.0 Å². The van der Waals surface area contributed by atoms with Crippen LogP contribution in [0.3, 0.4) is 0 Å². The average Bonchev–Trinajstić information content (AvgIpc) is 3.13. The van der Waals surface area contributed by atoms with Gasteiger partial charge in [-0.05, 0) is 37.6 Å². The molecule has 0 saturated heterocycles. The smallest absolute Gasteiger partial charge is 0.338 e. The fraction of sp³-hybridized carbons (Fsp3) is 0.368. The van der Waals surface area contributed by atoms with E-state index < -0.39 is 28.1 Å². The van der Waals surface area contributed by atoms with Crippen molar-refractivity contribution in [2.24, 2.45) is 0 Å². The molecule has 4 N–H and O–H groups in total. The van der Waals surface area contributed by atoms with Crippen LogP contribution in [-0.4, -0.2) is 58.8 Å². The second kappa shape index (κ2) is 11.6. The average molecular weight is 500 g/mol. The van der Waals surface area contributed by atoms with Gasteiger partial charge in [-0.3, -0.25) is 10.6 Å². The Hall–Kier alpha value is -3.23. The van der Waals surface area contributed by atoms with Gasteiger partial charge < -0.3 is 14.8 Å². The number of ether oxygens (including phenoxy) is 2. The number of pyridine rings is 1. The first-order valence-corrected chi connectivity index (χ1v) is 12.0. The first kappa shape index (κ1) is 26.0. The minimum Gasteiger partial charge on any atom is -0.462 e. The van der Waals surface area contributed by atoms with E-state index >= 15 is 0 Å². The van der Waals surface area contributed by atoms with E-state index in [0.29, 0.717) is 13.0 Å². The molecule has 0 fully saturated rings. The number of carbonyl (C=O) groups is 3.